The van der Waals surface area contributed by atoms with Crippen molar-refractivity contribution in [3.05, 3.63) is 28.5 Å². The standard InChI is InChI=1S/C9H13N5S/c1-6(9-12-5-13-14-9)11-4-8-7(10)2-3-15-8/h2-3,5-6,11H,4,10H2,1H3,(H,12,13,14). The van der Waals surface area contributed by atoms with Crippen LogP contribution in [0.25, 0.3) is 0 Å². The molecular weight excluding hydrogens is 210 g/mol. The van der Waals surface area contributed by atoms with Crippen LogP contribution in [0.15, 0.2) is 17.8 Å². The Kier molecular flexibility index (Phi) is 2.98. The lowest BCUT2D eigenvalue weighted by molar-refractivity contribution is 0.552. The first-order valence-corrected chi connectivity index (χ1v) is 5.56. The number of aromatic nitrogens is 3. The Morgan fingerprint density at radius 3 is 3.13 bits per heavy atom. The van der Waals surface area contributed by atoms with Crippen molar-refractivity contribution in [1.82, 2.24) is 20.5 Å². The highest BCUT2D eigenvalue weighted by molar-refractivity contribution is 7.10. The minimum absolute atomic E-state index is 0.147. The summed E-state index contributed by atoms with van der Waals surface area (Å²) in [5, 5.41) is 12.0. The van der Waals surface area contributed by atoms with Crippen molar-refractivity contribution in [1.29, 1.82) is 0 Å². The molecule has 0 radical (unpaired) electrons. The molecule has 2 aromatic heterocycles. The van der Waals surface area contributed by atoms with Crippen molar-refractivity contribution >= 4 is 17.0 Å². The molecule has 0 saturated heterocycles. The van der Waals surface area contributed by atoms with Crippen molar-refractivity contribution in [3.63, 3.8) is 0 Å². The van der Waals surface area contributed by atoms with Crippen molar-refractivity contribution in [2.75, 3.05) is 5.73 Å². The molecule has 15 heavy (non-hydrogen) atoms. The minimum Gasteiger partial charge on any atom is -0.398 e. The lowest BCUT2D eigenvalue weighted by Crippen LogP contribution is -2.19. The zero-order chi connectivity index (χ0) is 10.7. The van der Waals surface area contributed by atoms with Crippen LogP contribution < -0.4 is 11.1 Å². The highest BCUT2D eigenvalue weighted by Crippen LogP contribution is 2.19. The number of anilines is 1. The summed E-state index contributed by atoms with van der Waals surface area (Å²) in [6.07, 6.45) is 1.51. The summed E-state index contributed by atoms with van der Waals surface area (Å²) in [5.41, 5.74) is 6.62. The zero-order valence-electron chi connectivity index (χ0n) is 8.40. The van der Waals surface area contributed by atoms with E-state index in [1.165, 1.54) is 6.33 Å². The molecule has 0 aliphatic rings. The topological polar surface area (TPSA) is 79.6 Å². The fraction of sp³-hybridized carbons (Fsp3) is 0.333. The number of H-pyrrole nitrogens is 1. The van der Waals surface area contributed by atoms with E-state index in [0.717, 1.165) is 22.9 Å². The van der Waals surface area contributed by atoms with E-state index in [1.807, 2.05) is 18.4 Å². The summed E-state index contributed by atoms with van der Waals surface area (Å²) < 4.78 is 0. The van der Waals surface area contributed by atoms with Crippen LogP contribution >= 0.6 is 11.3 Å². The number of hydrogen-bond acceptors (Lipinski definition) is 5. The second-order valence-electron chi connectivity index (χ2n) is 3.27. The maximum atomic E-state index is 5.78. The predicted molar refractivity (Wildman–Crippen MR) is 60.4 cm³/mol. The molecule has 0 aromatic carbocycles. The summed E-state index contributed by atoms with van der Waals surface area (Å²) >= 11 is 1.66. The van der Waals surface area contributed by atoms with E-state index in [1.54, 1.807) is 11.3 Å². The summed E-state index contributed by atoms with van der Waals surface area (Å²) in [6, 6.07) is 2.06. The molecule has 5 nitrogen and oxygen atoms in total. The number of nitrogens with one attached hydrogen (secondary N) is 2. The van der Waals surface area contributed by atoms with Gasteiger partial charge in [0.1, 0.15) is 12.2 Å². The highest BCUT2D eigenvalue weighted by Gasteiger charge is 2.08. The number of nitrogens with zero attached hydrogens (tertiary/aromatic N) is 2. The van der Waals surface area contributed by atoms with Crippen LogP contribution in [-0.4, -0.2) is 15.2 Å². The van der Waals surface area contributed by atoms with E-state index >= 15 is 0 Å². The van der Waals surface area contributed by atoms with Crippen LogP contribution in [0.1, 0.15) is 23.7 Å². The molecule has 0 amide bonds. The number of aromatic amines is 1. The average Bonchev–Trinajstić information content (AvgIpc) is 2.85. The van der Waals surface area contributed by atoms with Crippen LogP contribution in [0, 0.1) is 0 Å². The normalized spacial score (nSPS) is 12.9. The molecule has 0 saturated carbocycles. The first-order chi connectivity index (χ1) is 7.27. The number of thiophene rings is 1. The molecule has 0 aliphatic heterocycles. The van der Waals surface area contributed by atoms with Gasteiger partial charge in [-0.2, -0.15) is 5.10 Å². The molecule has 2 rings (SSSR count). The Hall–Kier alpha value is -1.40. The van der Waals surface area contributed by atoms with Gasteiger partial charge in [-0.25, -0.2) is 4.98 Å². The van der Waals surface area contributed by atoms with Gasteiger partial charge in [0, 0.05) is 17.1 Å². The first-order valence-electron chi connectivity index (χ1n) is 4.68. The van der Waals surface area contributed by atoms with Gasteiger partial charge in [-0.15, -0.1) is 11.3 Å². The van der Waals surface area contributed by atoms with E-state index in [2.05, 4.69) is 20.5 Å². The monoisotopic (exact) mass is 223 g/mol. The van der Waals surface area contributed by atoms with Gasteiger partial charge in [-0.1, -0.05) is 0 Å². The van der Waals surface area contributed by atoms with Gasteiger partial charge < -0.3 is 11.1 Å². The summed E-state index contributed by atoms with van der Waals surface area (Å²) in [7, 11) is 0. The first kappa shape index (κ1) is 10.1. The zero-order valence-corrected chi connectivity index (χ0v) is 9.21. The number of nitrogens with two attached hydrogens (primary N) is 1. The summed E-state index contributed by atoms with van der Waals surface area (Å²) in [5.74, 6) is 0.838. The van der Waals surface area contributed by atoms with E-state index < -0.39 is 0 Å². The molecule has 0 bridgehead atoms. The third-order valence-electron chi connectivity index (χ3n) is 2.19. The molecule has 6 heteroatoms. The van der Waals surface area contributed by atoms with E-state index in [4.69, 9.17) is 5.73 Å². The van der Waals surface area contributed by atoms with Crippen molar-refractivity contribution < 1.29 is 0 Å². The van der Waals surface area contributed by atoms with Gasteiger partial charge in [-0.05, 0) is 18.4 Å². The van der Waals surface area contributed by atoms with Gasteiger partial charge in [-0.3, -0.25) is 5.10 Å². The van der Waals surface area contributed by atoms with Gasteiger partial charge in [0.25, 0.3) is 0 Å². The van der Waals surface area contributed by atoms with Crippen LogP contribution in [0.2, 0.25) is 0 Å². The third-order valence-corrected chi connectivity index (χ3v) is 3.13. The molecule has 1 atom stereocenters. The van der Waals surface area contributed by atoms with Gasteiger partial charge in [0.15, 0.2) is 0 Å². The quantitative estimate of drug-likeness (QED) is 0.730. The fourth-order valence-electron chi connectivity index (χ4n) is 1.26. The van der Waals surface area contributed by atoms with Gasteiger partial charge in [0.05, 0.1) is 6.04 Å². The smallest absolute Gasteiger partial charge is 0.141 e. The molecule has 2 aromatic rings. The third kappa shape index (κ3) is 2.34. The van der Waals surface area contributed by atoms with E-state index in [0.29, 0.717) is 0 Å². The number of nitrogen functional groups attached to an aromatic ring is 1. The fourth-order valence-corrected chi connectivity index (χ4v) is 2.01. The summed E-state index contributed by atoms with van der Waals surface area (Å²) in [6.45, 7) is 2.79. The van der Waals surface area contributed by atoms with Crippen LogP contribution in [0.5, 0.6) is 0 Å². The number of hydrogen-bond donors (Lipinski definition) is 3. The van der Waals surface area contributed by atoms with Crippen LogP contribution in [-0.2, 0) is 6.54 Å². The Morgan fingerprint density at radius 2 is 2.53 bits per heavy atom. The SMILES string of the molecule is CC(NCc1sccc1N)c1ncn[nH]1. The average molecular weight is 223 g/mol. The van der Waals surface area contributed by atoms with Crippen LogP contribution in [0.4, 0.5) is 5.69 Å². The second-order valence-corrected chi connectivity index (χ2v) is 4.27. The predicted octanol–water partition coefficient (Wildman–Crippen LogP) is 1.30. The largest absolute Gasteiger partial charge is 0.398 e. The van der Waals surface area contributed by atoms with E-state index in [-0.39, 0.29) is 6.04 Å². The molecule has 4 N–H and O–H groups in total. The highest BCUT2D eigenvalue weighted by atomic mass is 32.1. The Labute approximate surface area is 91.7 Å². The van der Waals surface area contributed by atoms with Crippen molar-refractivity contribution in [3.8, 4) is 0 Å². The molecule has 1 unspecified atom stereocenters. The molecule has 0 fully saturated rings. The lowest BCUT2D eigenvalue weighted by atomic mass is 10.3. The second kappa shape index (κ2) is 4.41. The van der Waals surface area contributed by atoms with Crippen molar-refractivity contribution in [2.24, 2.45) is 0 Å². The Balaban J connectivity index is 1.91. The molecule has 2 heterocycles. The minimum atomic E-state index is 0.147. The molecule has 0 spiro atoms. The molecule has 0 aliphatic carbocycles. The maximum Gasteiger partial charge on any atom is 0.141 e. The number of rotatable bonds is 4. The maximum absolute atomic E-state index is 5.78. The van der Waals surface area contributed by atoms with Crippen LogP contribution in [0.3, 0.4) is 0 Å². The Bertz CT molecular complexity index is 408. The van der Waals surface area contributed by atoms with E-state index in [9.17, 15) is 0 Å². The van der Waals surface area contributed by atoms with Gasteiger partial charge in [0.2, 0.25) is 0 Å². The molecule has 80 valence electrons. The Morgan fingerprint density at radius 1 is 1.67 bits per heavy atom. The van der Waals surface area contributed by atoms with Gasteiger partial charge >= 0.3 is 0 Å². The molecular formula is C9H13N5S. The van der Waals surface area contributed by atoms with Crippen molar-refractivity contribution in [2.45, 2.75) is 19.5 Å². The lowest BCUT2D eigenvalue weighted by Gasteiger charge is -2.09. The summed E-state index contributed by atoms with van der Waals surface area (Å²) in [4.78, 5) is 5.24.